The number of aliphatic hydroxyl groups is 3. The summed E-state index contributed by atoms with van der Waals surface area (Å²) < 4.78 is 0. The van der Waals surface area contributed by atoms with E-state index < -0.39 is 11.5 Å². The molecular formula is C4H8O3. The SMILES string of the molecule is C=C(O)C(C)(O)O. The molecule has 0 saturated carbocycles. The maximum absolute atomic E-state index is 8.30. The first kappa shape index (κ1) is 6.46. The highest BCUT2D eigenvalue weighted by Gasteiger charge is 2.17. The van der Waals surface area contributed by atoms with Crippen LogP contribution in [0.2, 0.25) is 0 Å². The Kier molecular flexibility index (Phi) is 1.40. The minimum Gasteiger partial charge on any atom is -0.507 e. The molecule has 0 heterocycles. The first-order valence-corrected chi connectivity index (χ1v) is 1.77. The second kappa shape index (κ2) is 1.52. The van der Waals surface area contributed by atoms with Gasteiger partial charge in [0.25, 0.3) is 0 Å². The summed E-state index contributed by atoms with van der Waals surface area (Å²) in [5.74, 6) is -2.78. The Bertz CT molecular complexity index is 79.4. The van der Waals surface area contributed by atoms with E-state index in [1.54, 1.807) is 0 Å². The number of rotatable bonds is 1. The summed E-state index contributed by atoms with van der Waals surface area (Å²) in [6.07, 6.45) is 0. The van der Waals surface area contributed by atoms with Gasteiger partial charge in [0.15, 0.2) is 0 Å². The lowest BCUT2D eigenvalue weighted by Gasteiger charge is -2.11. The Morgan fingerprint density at radius 2 is 1.71 bits per heavy atom. The van der Waals surface area contributed by atoms with Crippen molar-refractivity contribution in [2.24, 2.45) is 0 Å². The lowest BCUT2D eigenvalue weighted by Crippen LogP contribution is -2.24. The van der Waals surface area contributed by atoms with E-state index >= 15 is 0 Å². The van der Waals surface area contributed by atoms with E-state index in [2.05, 4.69) is 6.58 Å². The van der Waals surface area contributed by atoms with Crippen molar-refractivity contribution >= 4 is 0 Å². The van der Waals surface area contributed by atoms with E-state index in [4.69, 9.17) is 15.3 Å². The monoisotopic (exact) mass is 104 g/mol. The lowest BCUT2D eigenvalue weighted by molar-refractivity contribution is -0.135. The third-order valence-corrected chi connectivity index (χ3v) is 0.547. The minimum absolute atomic E-state index is 0.646. The molecule has 3 N–H and O–H groups in total. The highest BCUT2D eigenvalue weighted by molar-refractivity contribution is 4.91. The van der Waals surface area contributed by atoms with Crippen molar-refractivity contribution in [1.29, 1.82) is 0 Å². The van der Waals surface area contributed by atoms with Crippen molar-refractivity contribution < 1.29 is 15.3 Å². The Morgan fingerprint density at radius 1 is 1.57 bits per heavy atom. The Labute approximate surface area is 41.5 Å². The van der Waals surface area contributed by atoms with Crippen LogP contribution in [0.15, 0.2) is 12.3 Å². The number of aliphatic hydroxyl groups excluding tert-OH is 1. The second-order valence-corrected chi connectivity index (χ2v) is 1.47. The molecule has 0 aliphatic carbocycles. The maximum atomic E-state index is 8.30. The van der Waals surface area contributed by atoms with Gasteiger partial charge in [-0.05, 0) is 6.92 Å². The molecule has 0 aliphatic heterocycles. The molecule has 0 unspecified atom stereocenters. The van der Waals surface area contributed by atoms with E-state index in [9.17, 15) is 0 Å². The third-order valence-electron chi connectivity index (χ3n) is 0.547. The van der Waals surface area contributed by atoms with Gasteiger partial charge in [-0.2, -0.15) is 0 Å². The van der Waals surface area contributed by atoms with Crippen molar-refractivity contribution in [3.05, 3.63) is 12.3 Å². The second-order valence-electron chi connectivity index (χ2n) is 1.47. The first-order valence-electron chi connectivity index (χ1n) is 1.77. The van der Waals surface area contributed by atoms with Crippen LogP contribution in [0.5, 0.6) is 0 Å². The zero-order valence-corrected chi connectivity index (χ0v) is 4.05. The standard InChI is InChI=1S/C4H8O3/c1-3(5)4(2,6)7/h5-7H,1H2,2H3. The maximum Gasteiger partial charge on any atom is 0.218 e. The zero-order valence-electron chi connectivity index (χ0n) is 4.05. The topological polar surface area (TPSA) is 60.7 Å². The van der Waals surface area contributed by atoms with Crippen LogP contribution in [0.4, 0.5) is 0 Å². The van der Waals surface area contributed by atoms with Crippen LogP contribution in [-0.4, -0.2) is 21.1 Å². The normalized spacial score (nSPS) is 11.3. The summed E-state index contributed by atoms with van der Waals surface area (Å²) >= 11 is 0. The van der Waals surface area contributed by atoms with Gasteiger partial charge in [0.1, 0.15) is 5.76 Å². The largest absolute Gasteiger partial charge is 0.507 e. The molecule has 0 amide bonds. The summed E-state index contributed by atoms with van der Waals surface area (Å²) in [7, 11) is 0. The minimum atomic E-state index is -2.14. The van der Waals surface area contributed by atoms with Crippen LogP contribution < -0.4 is 0 Å². The molecule has 0 fully saturated rings. The van der Waals surface area contributed by atoms with Crippen LogP contribution in [0.1, 0.15) is 6.92 Å². The van der Waals surface area contributed by atoms with Gasteiger partial charge in [0, 0.05) is 0 Å². The van der Waals surface area contributed by atoms with Crippen LogP contribution in [0.3, 0.4) is 0 Å². The fourth-order valence-corrected chi connectivity index (χ4v) is 0. The molecule has 42 valence electrons. The number of hydrogen-bond acceptors (Lipinski definition) is 3. The molecule has 3 nitrogen and oxygen atoms in total. The summed E-state index contributed by atoms with van der Waals surface area (Å²) in [4.78, 5) is 0. The lowest BCUT2D eigenvalue weighted by atomic mass is 10.3. The Hall–Kier alpha value is -0.540. The zero-order chi connectivity index (χ0) is 6.08. The quantitative estimate of drug-likeness (QED) is 0.318. The summed E-state index contributed by atoms with van der Waals surface area (Å²) in [5.41, 5.74) is 0. The molecule has 3 heteroatoms. The molecule has 0 aliphatic rings. The van der Waals surface area contributed by atoms with Gasteiger partial charge >= 0.3 is 0 Å². The van der Waals surface area contributed by atoms with Gasteiger partial charge in [-0.15, -0.1) is 0 Å². The van der Waals surface area contributed by atoms with Crippen LogP contribution in [-0.2, 0) is 0 Å². The summed E-state index contributed by atoms with van der Waals surface area (Å²) in [6.45, 7) is 3.91. The van der Waals surface area contributed by atoms with Gasteiger partial charge in [0.2, 0.25) is 5.79 Å². The van der Waals surface area contributed by atoms with Crippen molar-refractivity contribution in [2.75, 3.05) is 0 Å². The van der Waals surface area contributed by atoms with Gasteiger partial charge < -0.3 is 15.3 Å². The molecule has 0 rings (SSSR count). The molecular weight excluding hydrogens is 96.0 g/mol. The molecule has 0 spiro atoms. The van der Waals surface area contributed by atoms with Crippen LogP contribution in [0, 0.1) is 0 Å². The summed E-state index contributed by atoms with van der Waals surface area (Å²) in [6, 6.07) is 0. The molecule has 0 aromatic heterocycles. The number of hydrogen-bond donors (Lipinski definition) is 3. The Morgan fingerprint density at radius 3 is 1.71 bits per heavy atom. The average Bonchev–Trinajstić information content (AvgIpc) is 1.31. The van der Waals surface area contributed by atoms with Gasteiger partial charge in [-0.3, -0.25) is 0 Å². The van der Waals surface area contributed by atoms with E-state index in [0.29, 0.717) is 0 Å². The van der Waals surface area contributed by atoms with Crippen LogP contribution >= 0.6 is 0 Å². The first-order chi connectivity index (χ1) is 2.94. The van der Waals surface area contributed by atoms with Crippen molar-refractivity contribution in [1.82, 2.24) is 0 Å². The predicted octanol–water partition coefficient (Wildman–Crippen LogP) is -0.241. The van der Waals surface area contributed by atoms with Crippen molar-refractivity contribution in [3.63, 3.8) is 0 Å². The Balaban J connectivity index is 3.79. The van der Waals surface area contributed by atoms with Crippen molar-refractivity contribution in [3.8, 4) is 0 Å². The van der Waals surface area contributed by atoms with E-state index in [1.807, 2.05) is 0 Å². The molecule has 0 saturated heterocycles. The highest BCUT2D eigenvalue weighted by atomic mass is 16.5. The molecule has 0 bridgehead atoms. The molecule has 0 radical (unpaired) electrons. The fraction of sp³-hybridized carbons (Fsp3) is 0.500. The van der Waals surface area contributed by atoms with Gasteiger partial charge in [-0.25, -0.2) is 0 Å². The molecule has 0 aromatic carbocycles. The van der Waals surface area contributed by atoms with Gasteiger partial charge in [0.05, 0.1) is 0 Å². The smallest absolute Gasteiger partial charge is 0.218 e. The molecule has 7 heavy (non-hydrogen) atoms. The van der Waals surface area contributed by atoms with Gasteiger partial charge in [-0.1, -0.05) is 6.58 Å². The summed E-state index contributed by atoms with van der Waals surface area (Å²) in [5, 5.41) is 24.8. The third kappa shape index (κ3) is 2.19. The van der Waals surface area contributed by atoms with Crippen molar-refractivity contribution in [2.45, 2.75) is 12.7 Å². The highest BCUT2D eigenvalue weighted by Crippen LogP contribution is 2.04. The van der Waals surface area contributed by atoms with Crippen LogP contribution in [0.25, 0.3) is 0 Å². The average molecular weight is 104 g/mol. The molecule has 0 aromatic rings. The fourth-order valence-electron chi connectivity index (χ4n) is 0. The predicted molar refractivity (Wildman–Crippen MR) is 24.6 cm³/mol. The van der Waals surface area contributed by atoms with E-state index in [-0.39, 0.29) is 0 Å². The molecule has 0 atom stereocenters. The van der Waals surface area contributed by atoms with E-state index in [1.165, 1.54) is 0 Å². The van der Waals surface area contributed by atoms with E-state index in [0.717, 1.165) is 6.92 Å².